The van der Waals surface area contributed by atoms with E-state index in [1.54, 1.807) is 29.6 Å². The lowest BCUT2D eigenvalue weighted by Crippen LogP contribution is -2.26. The summed E-state index contributed by atoms with van der Waals surface area (Å²) >= 11 is 1.51. The molecule has 0 unspecified atom stereocenters. The fourth-order valence-corrected chi connectivity index (χ4v) is 3.46. The number of thiazole rings is 1. The van der Waals surface area contributed by atoms with E-state index in [9.17, 15) is 9.18 Å². The molecule has 3 aromatic heterocycles. The van der Waals surface area contributed by atoms with E-state index in [2.05, 4.69) is 25.6 Å². The average Bonchev–Trinajstić information content (AvgIpc) is 3.34. The van der Waals surface area contributed by atoms with Crippen LogP contribution in [0.3, 0.4) is 0 Å². The summed E-state index contributed by atoms with van der Waals surface area (Å²) in [5, 5.41) is 15.8. The van der Waals surface area contributed by atoms with E-state index >= 15 is 0 Å². The Kier molecular flexibility index (Phi) is 4.21. The Balaban J connectivity index is 1.40. The zero-order valence-corrected chi connectivity index (χ0v) is 14.7. The van der Waals surface area contributed by atoms with Crippen LogP contribution in [0.1, 0.15) is 21.7 Å². The smallest absolute Gasteiger partial charge is 0.269 e. The highest BCUT2D eigenvalue weighted by atomic mass is 32.1. The van der Waals surface area contributed by atoms with Crippen LogP contribution in [0.2, 0.25) is 0 Å². The predicted molar refractivity (Wildman–Crippen MR) is 95.6 cm³/mol. The number of fused-ring (bicyclic) bond motifs is 1. The van der Waals surface area contributed by atoms with E-state index in [0.29, 0.717) is 29.9 Å². The first-order valence-corrected chi connectivity index (χ1v) is 8.86. The van der Waals surface area contributed by atoms with E-state index in [1.807, 2.05) is 5.38 Å². The van der Waals surface area contributed by atoms with E-state index in [1.165, 1.54) is 23.7 Å². The van der Waals surface area contributed by atoms with Crippen LogP contribution in [0.15, 0.2) is 36.0 Å². The van der Waals surface area contributed by atoms with Crippen molar-refractivity contribution in [3.63, 3.8) is 0 Å². The van der Waals surface area contributed by atoms with Gasteiger partial charge in [0.25, 0.3) is 5.91 Å². The third-order valence-electron chi connectivity index (χ3n) is 4.03. The summed E-state index contributed by atoms with van der Waals surface area (Å²) in [4.78, 5) is 17.2. The fourth-order valence-electron chi connectivity index (χ4n) is 2.63. The SMILES string of the molecule is Cc1cc(-c2cc(C(=O)NCCc3csc4ncnn34)[nH]n2)ccc1F. The van der Waals surface area contributed by atoms with Crippen molar-refractivity contribution in [1.29, 1.82) is 0 Å². The van der Waals surface area contributed by atoms with Crippen molar-refractivity contribution in [3.05, 3.63) is 58.7 Å². The number of aromatic nitrogens is 5. The van der Waals surface area contributed by atoms with Gasteiger partial charge in [-0.2, -0.15) is 10.2 Å². The number of benzene rings is 1. The first kappa shape index (κ1) is 16.4. The molecular weight excluding hydrogens is 355 g/mol. The lowest BCUT2D eigenvalue weighted by Gasteiger charge is -2.02. The molecule has 0 saturated carbocycles. The zero-order chi connectivity index (χ0) is 18.1. The van der Waals surface area contributed by atoms with Crippen LogP contribution in [0.25, 0.3) is 16.2 Å². The predicted octanol–water partition coefficient (Wildman–Crippen LogP) is 2.60. The van der Waals surface area contributed by atoms with Crippen LogP contribution < -0.4 is 5.32 Å². The monoisotopic (exact) mass is 370 g/mol. The summed E-state index contributed by atoms with van der Waals surface area (Å²) in [7, 11) is 0. The Bertz CT molecular complexity index is 1080. The molecule has 0 aliphatic heterocycles. The molecule has 7 nitrogen and oxygen atoms in total. The van der Waals surface area contributed by atoms with Gasteiger partial charge in [0.15, 0.2) is 0 Å². The summed E-state index contributed by atoms with van der Waals surface area (Å²) in [5.74, 6) is -0.509. The number of nitrogens with zero attached hydrogens (tertiary/aromatic N) is 4. The van der Waals surface area contributed by atoms with Crippen molar-refractivity contribution >= 4 is 22.2 Å². The molecule has 0 bridgehead atoms. The van der Waals surface area contributed by atoms with Crippen molar-refractivity contribution in [3.8, 4) is 11.3 Å². The average molecular weight is 370 g/mol. The highest BCUT2D eigenvalue weighted by Gasteiger charge is 2.12. The highest BCUT2D eigenvalue weighted by Crippen LogP contribution is 2.20. The van der Waals surface area contributed by atoms with Gasteiger partial charge in [-0.05, 0) is 36.8 Å². The number of hydrogen-bond donors (Lipinski definition) is 2. The topological polar surface area (TPSA) is 88.0 Å². The molecule has 26 heavy (non-hydrogen) atoms. The van der Waals surface area contributed by atoms with Gasteiger partial charge in [0, 0.05) is 23.9 Å². The van der Waals surface area contributed by atoms with Gasteiger partial charge in [-0.15, -0.1) is 11.3 Å². The van der Waals surface area contributed by atoms with Gasteiger partial charge in [0.1, 0.15) is 17.8 Å². The minimum absolute atomic E-state index is 0.243. The van der Waals surface area contributed by atoms with Gasteiger partial charge in [-0.1, -0.05) is 0 Å². The minimum atomic E-state index is -0.267. The Morgan fingerprint density at radius 2 is 2.27 bits per heavy atom. The molecule has 0 spiro atoms. The molecule has 0 saturated heterocycles. The summed E-state index contributed by atoms with van der Waals surface area (Å²) < 4.78 is 15.1. The molecule has 9 heteroatoms. The van der Waals surface area contributed by atoms with Crippen molar-refractivity contribution < 1.29 is 9.18 Å². The fraction of sp³-hybridized carbons (Fsp3) is 0.176. The van der Waals surface area contributed by atoms with Crippen LogP contribution in [0.5, 0.6) is 0 Å². The molecule has 4 rings (SSSR count). The lowest BCUT2D eigenvalue weighted by atomic mass is 10.1. The van der Waals surface area contributed by atoms with E-state index in [4.69, 9.17) is 0 Å². The van der Waals surface area contributed by atoms with Crippen LogP contribution >= 0.6 is 11.3 Å². The number of rotatable bonds is 5. The number of carbonyl (C=O) groups excluding carboxylic acids is 1. The number of nitrogens with one attached hydrogen (secondary N) is 2. The quantitative estimate of drug-likeness (QED) is 0.565. The van der Waals surface area contributed by atoms with E-state index in [0.717, 1.165) is 16.2 Å². The maximum Gasteiger partial charge on any atom is 0.269 e. The number of H-pyrrole nitrogens is 1. The van der Waals surface area contributed by atoms with Crippen molar-refractivity contribution in [2.75, 3.05) is 6.54 Å². The molecule has 2 N–H and O–H groups in total. The second-order valence-electron chi connectivity index (χ2n) is 5.82. The molecule has 0 aliphatic rings. The Morgan fingerprint density at radius 1 is 1.38 bits per heavy atom. The first-order chi connectivity index (χ1) is 12.6. The van der Waals surface area contributed by atoms with Crippen molar-refractivity contribution in [2.45, 2.75) is 13.3 Å². The number of amides is 1. The molecule has 1 aromatic carbocycles. The van der Waals surface area contributed by atoms with Crippen molar-refractivity contribution in [1.82, 2.24) is 30.1 Å². The summed E-state index contributed by atoms with van der Waals surface area (Å²) in [6, 6.07) is 6.39. The molecule has 0 fully saturated rings. The summed E-state index contributed by atoms with van der Waals surface area (Å²) in [6.07, 6.45) is 2.16. The normalized spacial score (nSPS) is 11.2. The maximum atomic E-state index is 13.4. The van der Waals surface area contributed by atoms with Gasteiger partial charge in [0.2, 0.25) is 4.96 Å². The maximum absolute atomic E-state index is 13.4. The Morgan fingerprint density at radius 3 is 3.12 bits per heavy atom. The number of aromatic amines is 1. The van der Waals surface area contributed by atoms with Crippen LogP contribution in [0.4, 0.5) is 4.39 Å². The van der Waals surface area contributed by atoms with Gasteiger partial charge < -0.3 is 5.32 Å². The second-order valence-corrected chi connectivity index (χ2v) is 6.65. The molecule has 0 atom stereocenters. The molecule has 0 radical (unpaired) electrons. The lowest BCUT2D eigenvalue weighted by molar-refractivity contribution is 0.0949. The minimum Gasteiger partial charge on any atom is -0.350 e. The summed E-state index contributed by atoms with van der Waals surface area (Å²) in [5.41, 5.74) is 3.24. The molecular formula is C17H15FN6OS. The van der Waals surface area contributed by atoms with Crippen molar-refractivity contribution in [2.24, 2.45) is 0 Å². The first-order valence-electron chi connectivity index (χ1n) is 7.98. The molecule has 1 amide bonds. The molecule has 0 aliphatic carbocycles. The zero-order valence-electron chi connectivity index (χ0n) is 13.9. The molecule has 3 heterocycles. The van der Waals surface area contributed by atoms with Gasteiger partial charge in [-0.25, -0.2) is 13.9 Å². The third-order valence-corrected chi connectivity index (χ3v) is 4.91. The van der Waals surface area contributed by atoms with Crippen LogP contribution in [0, 0.1) is 12.7 Å². The Labute approximate surface area is 151 Å². The number of aryl methyl sites for hydroxylation is 1. The standard InChI is InChI=1S/C17H15FN6OS/c1-10-6-11(2-3-13(10)18)14-7-15(23-22-14)16(25)19-5-4-12-8-26-17-20-9-21-24(12)17/h2-3,6-9H,4-5H2,1H3,(H,19,25)(H,22,23). The van der Waals surface area contributed by atoms with Gasteiger partial charge in [-0.3, -0.25) is 9.89 Å². The van der Waals surface area contributed by atoms with Crippen LogP contribution in [-0.4, -0.2) is 37.2 Å². The van der Waals surface area contributed by atoms with Gasteiger partial charge in [0.05, 0.1) is 11.4 Å². The number of halogens is 1. The molecule has 132 valence electrons. The largest absolute Gasteiger partial charge is 0.350 e. The van der Waals surface area contributed by atoms with E-state index in [-0.39, 0.29) is 11.7 Å². The van der Waals surface area contributed by atoms with Gasteiger partial charge >= 0.3 is 0 Å². The second kappa shape index (κ2) is 6.68. The third kappa shape index (κ3) is 3.08. The van der Waals surface area contributed by atoms with E-state index < -0.39 is 0 Å². The Hall–Kier alpha value is -3.07. The number of carbonyl (C=O) groups is 1. The highest BCUT2D eigenvalue weighted by molar-refractivity contribution is 7.15. The number of hydrogen-bond acceptors (Lipinski definition) is 5. The summed E-state index contributed by atoms with van der Waals surface area (Å²) in [6.45, 7) is 2.16. The molecule has 4 aromatic rings. The van der Waals surface area contributed by atoms with Crippen LogP contribution in [-0.2, 0) is 6.42 Å².